The first kappa shape index (κ1) is 23.9. The Hall–Kier alpha value is -2.81. The zero-order valence-electron chi connectivity index (χ0n) is 20.5. The Kier molecular flexibility index (Phi) is 7.41. The normalized spacial score (nSPS) is 22.5. The van der Waals surface area contributed by atoms with E-state index < -0.39 is 0 Å². The summed E-state index contributed by atoms with van der Waals surface area (Å²) >= 11 is 0. The van der Waals surface area contributed by atoms with Crippen LogP contribution in [0.15, 0.2) is 24.3 Å². The summed E-state index contributed by atoms with van der Waals surface area (Å²) in [5.74, 6) is 1.54. The van der Waals surface area contributed by atoms with Gasteiger partial charge in [-0.15, -0.1) is 0 Å². The van der Waals surface area contributed by atoms with Gasteiger partial charge in [-0.3, -0.25) is 4.79 Å². The lowest BCUT2D eigenvalue weighted by atomic mass is 9.79. The number of fused-ring (bicyclic) bond motifs is 1. The molecule has 1 aromatic carbocycles. The molecule has 3 saturated heterocycles. The van der Waals surface area contributed by atoms with Crippen LogP contribution in [0.25, 0.3) is 0 Å². The lowest BCUT2D eigenvalue weighted by molar-refractivity contribution is -0.131. The number of anilines is 1. The van der Waals surface area contributed by atoms with E-state index in [0.717, 1.165) is 74.9 Å². The molecular formula is C26H38N6O3. The van der Waals surface area contributed by atoms with Crippen LogP contribution >= 0.6 is 0 Å². The molecule has 4 aliphatic rings. The number of rotatable bonds is 4. The number of benzene rings is 1. The highest BCUT2D eigenvalue weighted by atomic mass is 16.2. The number of likely N-dealkylation sites (tertiary alicyclic amines) is 2. The topological polar surface area (TPSA) is 97.0 Å². The third-order valence-electron chi connectivity index (χ3n) is 8.39. The zero-order chi connectivity index (χ0) is 24.2. The minimum Gasteiger partial charge on any atom is -0.341 e. The van der Waals surface area contributed by atoms with Gasteiger partial charge in [0.15, 0.2) is 0 Å². The van der Waals surface area contributed by atoms with Crippen LogP contribution in [-0.4, -0.2) is 84.5 Å². The van der Waals surface area contributed by atoms with Crippen molar-refractivity contribution in [2.24, 2.45) is 11.8 Å². The van der Waals surface area contributed by atoms with Gasteiger partial charge in [-0.25, -0.2) is 9.59 Å². The van der Waals surface area contributed by atoms with E-state index in [1.807, 2.05) is 34.1 Å². The molecule has 4 heterocycles. The van der Waals surface area contributed by atoms with Crippen LogP contribution in [0.5, 0.6) is 0 Å². The Bertz CT molecular complexity index is 917. The SMILES string of the molecule is O=C(CNC(=O)N1CCC(N2Cc3ccccc3NC2=O)CC1)N1CCC(C2CCNCC2)CC1. The maximum absolute atomic E-state index is 12.7. The van der Waals surface area contributed by atoms with Crippen molar-refractivity contribution in [2.75, 3.05) is 51.1 Å². The molecule has 0 bridgehead atoms. The van der Waals surface area contributed by atoms with E-state index in [4.69, 9.17) is 0 Å². The van der Waals surface area contributed by atoms with Crippen LogP contribution < -0.4 is 16.0 Å². The highest BCUT2D eigenvalue weighted by Gasteiger charge is 2.33. The molecule has 5 rings (SSSR count). The van der Waals surface area contributed by atoms with E-state index in [1.165, 1.54) is 12.8 Å². The van der Waals surface area contributed by atoms with Gasteiger partial charge >= 0.3 is 12.1 Å². The Morgan fingerprint density at radius 3 is 2.29 bits per heavy atom. The second-order valence-electron chi connectivity index (χ2n) is 10.4. The standard InChI is InChI=1S/C26H38N6O3/c33-24(30-13-7-20(8-14-30)19-5-11-27-12-6-19)17-28-25(34)31-15-9-22(10-16-31)32-18-21-3-1-2-4-23(21)29-26(32)35/h1-4,19-20,22,27H,5-18H2,(H,28,34)(H,29,35). The molecule has 35 heavy (non-hydrogen) atoms. The number of hydrogen-bond acceptors (Lipinski definition) is 4. The van der Waals surface area contributed by atoms with Crippen molar-refractivity contribution in [3.8, 4) is 0 Å². The Labute approximate surface area is 207 Å². The minimum atomic E-state index is -0.185. The monoisotopic (exact) mass is 482 g/mol. The number of carbonyl (C=O) groups is 3. The van der Waals surface area contributed by atoms with E-state index >= 15 is 0 Å². The van der Waals surface area contributed by atoms with Gasteiger partial charge in [-0.05, 0) is 75.1 Å². The summed E-state index contributed by atoms with van der Waals surface area (Å²) < 4.78 is 0. The molecule has 3 fully saturated rings. The molecular weight excluding hydrogens is 444 g/mol. The summed E-state index contributed by atoms with van der Waals surface area (Å²) in [6.07, 6.45) is 6.13. The molecule has 4 aliphatic heterocycles. The van der Waals surface area contributed by atoms with Crippen LogP contribution in [0.1, 0.15) is 44.1 Å². The second kappa shape index (κ2) is 10.8. The molecule has 9 heteroatoms. The van der Waals surface area contributed by atoms with E-state index in [0.29, 0.717) is 19.6 Å². The molecule has 0 spiro atoms. The third-order valence-corrected chi connectivity index (χ3v) is 8.39. The first-order chi connectivity index (χ1) is 17.1. The summed E-state index contributed by atoms with van der Waals surface area (Å²) in [5, 5.41) is 9.24. The largest absolute Gasteiger partial charge is 0.341 e. The molecule has 9 nitrogen and oxygen atoms in total. The van der Waals surface area contributed by atoms with Gasteiger partial charge in [0, 0.05) is 44.5 Å². The Morgan fingerprint density at radius 2 is 1.54 bits per heavy atom. The summed E-state index contributed by atoms with van der Waals surface area (Å²) in [7, 11) is 0. The summed E-state index contributed by atoms with van der Waals surface area (Å²) in [5.41, 5.74) is 2.00. The van der Waals surface area contributed by atoms with E-state index in [9.17, 15) is 14.4 Å². The van der Waals surface area contributed by atoms with Gasteiger partial charge in [0.05, 0.1) is 6.54 Å². The Morgan fingerprint density at radius 1 is 0.886 bits per heavy atom. The third kappa shape index (κ3) is 5.55. The summed E-state index contributed by atoms with van der Waals surface area (Å²) in [4.78, 5) is 43.5. The molecule has 0 atom stereocenters. The first-order valence-electron chi connectivity index (χ1n) is 13.3. The number of piperidine rings is 3. The van der Waals surface area contributed by atoms with Gasteiger partial charge in [0.1, 0.15) is 0 Å². The highest BCUT2D eigenvalue weighted by molar-refractivity contribution is 5.92. The van der Waals surface area contributed by atoms with E-state index in [-0.39, 0.29) is 30.6 Å². The zero-order valence-corrected chi connectivity index (χ0v) is 20.5. The molecule has 190 valence electrons. The fraction of sp³-hybridized carbons (Fsp3) is 0.654. The second-order valence-corrected chi connectivity index (χ2v) is 10.4. The number of nitrogens with one attached hydrogen (secondary N) is 3. The molecule has 5 amide bonds. The molecule has 0 unspecified atom stereocenters. The Balaban J connectivity index is 1.03. The van der Waals surface area contributed by atoms with E-state index in [1.54, 1.807) is 4.90 Å². The lowest BCUT2D eigenvalue weighted by Gasteiger charge is -2.40. The molecule has 1 aromatic rings. The van der Waals surface area contributed by atoms with Crippen molar-refractivity contribution < 1.29 is 14.4 Å². The predicted octanol–water partition coefficient (Wildman–Crippen LogP) is 2.45. The van der Waals surface area contributed by atoms with Crippen LogP contribution in [-0.2, 0) is 11.3 Å². The maximum atomic E-state index is 12.7. The van der Waals surface area contributed by atoms with Gasteiger partial charge in [0.25, 0.3) is 0 Å². The maximum Gasteiger partial charge on any atom is 0.322 e. The summed E-state index contributed by atoms with van der Waals surface area (Å²) in [6, 6.07) is 7.73. The number of amides is 5. The number of para-hydroxylation sites is 1. The number of carbonyl (C=O) groups excluding carboxylic acids is 3. The number of nitrogens with zero attached hydrogens (tertiary/aromatic N) is 3. The van der Waals surface area contributed by atoms with Gasteiger partial charge in [-0.2, -0.15) is 0 Å². The molecule has 0 radical (unpaired) electrons. The number of hydrogen-bond donors (Lipinski definition) is 3. The quantitative estimate of drug-likeness (QED) is 0.614. The van der Waals surface area contributed by atoms with Crippen LogP contribution in [0.4, 0.5) is 15.3 Å². The lowest BCUT2D eigenvalue weighted by Crippen LogP contribution is -2.53. The average molecular weight is 483 g/mol. The minimum absolute atomic E-state index is 0.0145. The van der Waals surface area contributed by atoms with Crippen molar-refractivity contribution in [3.63, 3.8) is 0 Å². The number of urea groups is 2. The van der Waals surface area contributed by atoms with Gasteiger partial charge < -0.3 is 30.7 Å². The highest BCUT2D eigenvalue weighted by Crippen LogP contribution is 2.31. The molecule has 0 aromatic heterocycles. The van der Waals surface area contributed by atoms with Gasteiger partial charge in [0.2, 0.25) is 5.91 Å². The smallest absolute Gasteiger partial charge is 0.322 e. The van der Waals surface area contributed by atoms with E-state index in [2.05, 4.69) is 16.0 Å². The summed E-state index contributed by atoms with van der Waals surface area (Å²) in [6.45, 7) is 5.66. The van der Waals surface area contributed by atoms with Crippen molar-refractivity contribution in [2.45, 2.75) is 51.1 Å². The van der Waals surface area contributed by atoms with Crippen LogP contribution in [0, 0.1) is 11.8 Å². The fourth-order valence-corrected chi connectivity index (χ4v) is 6.21. The van der Waals surface area contributed by atoms with Crippen molar-refractivity contribution in [3.05, 3.63) is 29.8 Å². The van der Waals surface area contributed by atoms with Crippen molar-refractivity contribution >= 4 is 23.7 Å². The predicted molar refractivity (Wildman–Crippen MR) is 134 cm³/mol. The average Bonchev–Trinajstić information content (AvgIpc) is 2.92. The van der Waals surface area contributed by atoms with Crippen molar-refractivity contribution in [1.29, 1.82) is 0 Å². The molecule has 0 saturated carbocycles. The fourth-order valence-electron chi connectivity index (χ4n) is 6.21. The van der Waals surface area contributed by atoms with Crippen molar-refractivity contribution in [1.82, 2.24) is 25.3 Å². The van der Waals surface area contributed by atoms with Gasteiger partial charge in [-0.1, -0.05) is 18.2 Å². The molecule has 0 aliphatic carbocycles. The first-order valence-corrected chi connectivity index (χ1v) is 13.3. The van der Waals surface area contributed by atoms with Crippen LogP contribution in [0.2, 0.25) is 0 Å². The van der Waals surface area contributed by atoms with Crippen LogP contribution in [0.3, 0.4) is 0 Å². The molecule has 3 N–H and O–H groups in total.